The fourth-order valence-electron chi connectivity index (χ4n) is 4.16. The van der Waals surface area contributed by atoms with Crippen LogP contribution in [0.2, 0.25) is 0 Å². The molecule has 0 bridgehead atoms. The average Bonchev–Trinajstić information content (AvgIpc) is 3.27. The number of amides is 1. The van der Waals surface area contributed by atoms with Crippen LogP contribution in [0.15, 0.2) is 12.1 Å². The van der Waals surface area contributed by atoms with Crippen LogP contribution in [0, 0.1) is 5.92 Å². The Hall–Kier alpha value is -2.48. The Morgan fingerprint density at radius 1 is 1.07 bits per heavy atom. The number of hydrogen-bond donors (Lipinski definition) is 1. The Balaban J connectivity index is 0.00000240. The molecule has 3 heterocycles. The van der Waals surface area contributed by atoms with Gasteiger partial charge in [0.05, 0.1) is 25.7 Å². The van der Waals surface area contributed by atoms with Crippen molar-refractivity contribution in [2.24, 2.45) is 5.92 Å². The highest BCUT2D eigenvalue weighted by molar-refractivity contribution is 5.92. The van der Waals surface area contributed by atoms with E-state index < -0.39 is 0 Å². The summed E-state index contributed by atoms with van der Waals surface area (Å²) >= 11 is 0. The van der Waals surface area contributed by atoms with Crippen molar-refractivity contribution >= 4 is 41.0 Å². The molecular weight excluding hydrogens is 394 g/mol. The Labute approximate surface area is 176 Å². The molecule has 1 aromatic heterocycles. The van der Waals surface area contributed by atoms with Crippen molar-refractivity contribution in [2.75, 3.05) is 51.0 Å². The number of ether oxygens (including phenoxy) is 2. The van der Waals surface area contributed by atoms with Crippen LogP contribution in [-0.2, 0) is 4.79 Å². The summed E-state index contributed by atoms with van der Waals surface area (Å²) in [6, 6.07) is 3.61. The van der Waals surface area contributed by atoms with Gasteiger partial charge in [-0.1, -0.05) is 0 Å². The molecular formula is C20H28ClN5O3. The summed E-state index contributed by atoms with van der Waals surface area (Å²) < 4.78 is 10.7. The Morgan fingerprint density at radius 2 is 1.76 bits per heavy atom. The molecule has 1 atom stereocenters. The summed E-state index contributed by atoms with van der Waals surface area (Å²) in [5.74, 6) is 2.41. The van der Waals surface area contributed by atoms with Gasteiger partial charge in [-0.2, -0.15) is 4.98 Å². The van der Waals surface area contributed by atoms with Gasteiger partial charge in [-0.25, -0.2) is 4.98 Å². The number of nitrogens with zero attached hydrogens (tertiary/aromatic N) is 4. The molecule has 1 amide bonds. The number of methoxy groups -OCH3 is 2. The van der Waals surface area contributed by atoms with Gasteiger partial charge in [0.15, 0.2) is 11.5 Å². The molecule has 1 aromatic carbocycles. The lowest BCUT2D eigenvalue weighted by Crippen LogP contribution is -2.44. The van der Waals surface area contributed by atoms with Crippen LogP contribution in [-0.4, -0.2) is 61.2 Å². The third-order valence-electron chi connectivity index (χ3n) is 5.69. The largest absolute Gasteiger partial charge is 0.493 e. The molecule has 2 saturated heterocycles. The monoisotopic (exact) mass is 421 g/mol. The molecule has 0 saturated carbocycles. The van der Waals surface area contributed by atoms with Crippen molar-refractivity contribution in [3.05, 3.63) is 12.1 Å². The summed E-state index contributed by atoms with van der Waals surface area (Å²) in [5, 5.41) is 0.725. The highest BCUT2D eigenvalue weighted by atomic mass is 35.5. The van der Waals surface area contributed by atoms with E-state index >= 15 is 0 Å². The highest BCUT2D eigenvalue weighted by Crippen LogP contribution is 2.34. The molecule has 2 fully saturated rings. The third-order valence-corrected chi connectivity index (χ3v) is 5.69. The van der Waals surface area contributed by atoms with Crippen LogP contribution < -0.4 is 20.1 Å². The van der Waals surface area contributed by atoms with Crippen molar-refractivity contribution in [1.82, 2.24) is 14.9 Å². The molecule has 2 aromatic rings. The number of rotatable bonds is 4. The van der Waals surface area contributed by atoms with Crippen molar-refractivity contribution in [3.8, 4) is 11.5 Å². The van der Waals surface area contributed by atoms with E-state index in [2.05, 4.69) is 9.88 Å². The maximum atomic E-state index is 12.8. The van der Waals surface area contributed by atoms with Crippen LogP contribution in [0.3, 0.4) is 0 Å². The van der Waals surface area contributed by atoms with Gasteiger partial charge in [-0.3, -0.25) is 4.79 Å². The SMILES string of the molecule is COc1cc2nc(N3CCCC(C(=O)N4CCCC4)C3)nc(N)c2cc1OC.Cl. The number of aromatic nitrogens is 2. The second kappa shape index (κ2) is 8.90. The lowest BCUT2D eigenvalue weighted by atomic mass is 9.97. The number of carbonyl (C=O) groups is 1. The van der Waals surface area contributed by atoms with Gasteiger partial charge >= 0.3 is 0 Å². The van der Waals surface area contributed by atoms with Gasteiger partial charge in [0.1, 0.15) is 5.82 Å². The molecule has 8 nitrogen and oxygen atoms in total. The lowest BCUT2D eigenvalue weighted by molar-refractivity contribution is -0.134. The zero-order chi connectivity index (χ0) is 19.7. The molecule has 2 N–H and O–H groups in total. The van der Waals surface area contributed by atoms with Crippen molar-refractivity contribution in [2.45, 2.75) is 25.7 Å². The molecule has 4 rings (SSSR count). The normalized spacial score (nSPS) is 19.2. The number of carbonyl (C=O) groups excluding carboxylic acids is 1. The average molecular weight is 422 g/mol. The van der Waals surface area contributed by atoms with Crippen LogP contribution in [0.4, 0.5) is 11.8 Å². The summed E-state index contributed by atoms with van der Waals surface area (Å²) in [6.45, 7) is 3.22. The second-order valence-electron chi connectivity index (χ2n) is 7.45. The molecule has 0 spiro atoms. The molecule has 29 heavy (non-hydrogen) atoms. The van der Waals surface area contributed by atoms with E-state index in [9.17, 15) is 4.79 Å². The first-order valence-electron chi connectivity index (χ1n) is 9.83. The number of likely N-dealkylation sites (tertiary alicyclic amines) is 1. The quantitative estimate of drug-likeness (QED) is 0.810. The van der Waals surface area contributed by atoms with Gasteiger partial charge in [0.2, 0.25) is 11.9 Å². The number of fused-ring (bicyclic) bond motifs is 1. The zero-order valence-electron chi connectivity index (χ0n) is 16.9. The standard InChI is InChI=1S/C20H27N5O3.ClH/c1-27-16-10-14-15(11-17(16)28-2)22-20(23-18(14)21)25-9-5-6-13(12-25)19(26)24-7-3-4-8-24;/h10-11,13H,3-9,12H2,1-2H3,(H2,21,22,23);1H. The summed E-state index contributed by atoms with van der Waals surface area (Å²) in [5.41, 5.74) is 6.93. The number of nitrogens with two attached hydrogens (primary N) is 1. The minimum atomic E-state index is -0.00206. The number of halogens is 1. The second-order valence-corrected chi connectivity index (χ2v) is 7.45. The van der Waals surface area contributed by atoms with Gasteiger partial charge in [0, 0.05) is 37.6 Å². The van der Waals surface area contributed by atoms with Gasteiger partial charge < -0.3 is 25.0 Å². The van der Waals surface area contributed by atoms with E-state index in [4.69, 9.17) is 20.2 Å². The minimum Gasteiger partial charge on any atom is -0.493 e. The van der Waals surface area contributed by atoms with Crippen LogP contribution in [0.1, 0.15) is 25.7 Å². The van der Waals surface area contributed by atoms with E-state index in [1.807, 2.05) is 11.0 Å². The molecule has 0 radical (unpaired) electrons. The van der Waals surface area contributed by atoms with Crippen LogP contribution in [0.5, 0.6) is 11.5 Å². The summed E-state index contributed by atoms with van der Waals surface area (Å²) in [4.78, 5) is 26.1. The fourth-order valence-corrected chi connectivity index (χ4v) is 4.16. The first-order chi connectivity index (χ1) is 13.6. The summed E-state index contributed by atoms with van der Waals surface area (Å²) in [7, 11) is 3.18. The van der Waals surface area contributed by atoms with E-state index in [1.165, 1.54) is 0 Å². The lowest BCUT2D eigenvalue weighted by Gasteiger charge is -2.34. The molecule has 2 aliphatic rings. The predicted octanol–water partition coefficient (Wildman–Crippen LogP) is 2.49. The van der Waals surface area contributed by atoms with Crippen LogP contribution in [0.25, 0.3) is 10.9 Å². The molecule has 9 heteroatoms. The number of hydrogen-bond acceptors (Lipinski definition) is 7. The highest BCUT2D eigenvalue weighted by Gasteiger charge is 2.31. The number of anilines is 2. The Bertz CT molecular complexity index is 888. The number of benzene rings is 1. The number of piperidine rings is 1. The van der Waals surface area contributed by atoms with Crippen LogP contribution >= 0.6 is 12.4 Å². The first kappa shape index (κ1) is 21.2. The van der Waals surface area contributed by atoms with Gasteiger partial charge in [-0.15, -0.1) is 12.4 Å². The van der Waals surface area contributed by atoms with Gasteiger partial charge in [0.25, 0.3) is 0 Å². The Morgan fingerprint density at radius 3 is 2.45 bits per heavy atom. The molecule has 158 valence electrons. The van der Waals surface area contributed by atoms with Crippen molar-refractivity contribution in [1.29, 1.82) is 0 Å². The maximum absolute atomic E-state index is 12.8. The summed E-state index contributed by atoms with van der Waals surface area (Å²) in [6.07, 6.45) is 4.08. The minimum absolute atomic E-state index is 0. The van der Waals surface area contributed by atoms with E-state index in [0.29, 0.717) is 35.3 Å². The first-order valence-corrected chi connectivity index (χ1v) is 9.83. The predicted molar refractivity (Wildman–Crippen MR) is 115 cm³/mol. The third kappa shape index (κ3) is 4.12. The van der Waals surface area contributed by atoms with Crippen molar-refractivity contribution in [3.63, 3.8) is 0 Å². The maximum Gasteiger partial charge on any atom is 0.227 e. The number of nitrogen functional groups attached to an aromatic ring is 1. The van der Waals surface area contributed by atoms with Crippen molar-refractivity contribution < 1.29 is 14.3 Å². The molecule has 2 aliphatic heterocycles. The van der Waals surface area contributed by atoms with Gasteiger partial charge in [-0.05, 0) is 31.7 Å². The van der Waals surface area contributed by atoms with E-state index in [0.717, 1.165) is 50.7 Å². The smallest absolute Gasteiger partial charge is 0.227 e. The Kier molecular flexibility index (Phi) is 6.52. The fraction of sp³-hybridized carbons (Fsp3) is 0.550. The molecule has 1 unspecified atom stereocenters. The van der Waals surface area contributed by atoms with E-state index in [-0.39, 0.29) is 24.2 Å². The molecule has 0 aliphatic carbocycles. The topological polar surface area (TPSA) is 93.8 Å². The zero-order valence-corrected chi connectivity index (χ0v) is 17.7. The van der Waals surface area contributed by atoms with E-state index in [1.54, 1.807) is 20.3 Å².